The number of fused-ring (bicyclic) bond motifs is 2. The number of hydrogen-bond acceptors (Lipinski definition) is 5. The van der Waals surface area contributed by atoms with E-state index in [0.29, 0.717) is 30.1 Å². The van der Waals surface area contributed by atoms with Crippen molar-refractivity contribution in [2.75, 3.05) is 39.3 Å². The summed E-state index contributed by atoms with van der Waals surface area (Å²) in [6, 6.07) is 0. The number of ether oxygens (including phenoxy) is 1. The van der Waals surface area contributed by atoms with E-state index in [1.165, 1.54) is 90.0 Å². The highest BCUT2D eigenvalue weighted by molar-refractivity contribution is 5.90. The minimum Gasteiger partial charge on any atom is -0.481 e. The molecule has 270 valence electrons. The van der Waals surface area contributed by atoms with Crippen LogP contribution in [-0.2, 0) is 14.3 Å². The van der Waals surface area contributed by atoms with Crippen LogP contribution in [0.3, 0.4) is 0 Å². The van der Waals surface area contributed by atoms with E-state index in [2.05, 4.69) is 43.6 Å². The monoisotopic (exact) mass is 665 g/mol. The molecule has 6 heteroatoms. The molecule has 4 bridgehead atoms. The molecule has 4 saturated carbocycles. The number of carbonyl (C=O) groups excluding carboxylic acids is 1. The van der Waals surface area contributed by atoms with Gasteiger partial charge in [-0.3, -0.25) is 9.69 Å². The van der Waals surface area contributed by atoms with Gasteiger partial charge in [0.05, 0.1) is 17.6 Å². The van der Waals surface area contributed by atoms with Gasteiger partial charge in [-0.1, -0.05) is 97.1 Å². The molecule has 3 unspecified atom stereocenters. The Balaban J connectivity index is 1.24. The fourth-order valence-electron chi connectivity index (χ4n) is 13.8. The highest BCUT2D eigenvalue weighted by Crippen LogP contribution is 2.84. The highest BCUT2D eigenvalue weighted by atomic mass is 16.5. The Bertz CT molecular complexity index is 1190. The minimum atomic E-state index is -1.14. The van der Waals surface area contributed by atoms with Crippen LogP contribution in [0.5, 0.6) is 0 Å². The number of aldehydes is 1. The van der Waals surface area contributed by atoms with Gasteiger partial charge in [0.2, 0.25) is 0 Å². The maximum Gasteiger partial charge on any atom is 0.315 e. The zero-order valence-corrected chi connectivity index (χ0v) is 31.0. The van der Waals surface area contributed by atoms with Gasteiger partial charge in [-0.2, -0.15) is 0 Å². The molecule has 0 amide bonds. The first-order chi connectivity index (χ1) is 23.2. The Labute approximate surface area is 292 Å². The third kappa shape index (κ3) is 5.33. The molecule has 6 nitrogen and oxygen atoms in total. The van der Waals surface area contributed by atoms with Crippen LogP contribution in [-0.4, -0.2) is 78.6 Å². The van der Waals surface area contributed by atoms with Crippen molar-refractivity contribution < 1.29 is 19.4 Å². The van der Waals surface area contributed by atoms with Crippen molar-refractivity contribution in [1.29, 1.82) is 0 Å². The number of piperidine rings is 1. The molecule has 48 heavy (non-hydrogen) atoms. The van der Waals surface area contributed by atoms with Gasteiger partial charge in [-0.05, 0) is 106 Å². The lowest BCUT2D eigenvalue weighted by atomic mass is 9.41. The Morgan fingerprint density at radius 1 is 1.02 bits per heavy atom. The lowest BCUT2D eigenvalue weighted by molar-refractivity contribution is -0.197. The molecule has 2 aliphatic heterocycles. The van der Waals surface area contributed by atoms with Gasteiger partial charge in [-0.15, -0.1) is 0 Å². The van der Waals surface area contributed by atoms with Crippen LogP contribution in [0.2, 0.25) is 0 Å². The third-order valence-electron chi connectivity index (χ3n) is 15.8. The van der Waals surface area contributed by atoms with Crippen molar-refractivity contribution in [3.05, 3.63) is 11.6 Å². The summed E-state index contributed by atoms with van der Waals surface area (Å²) in [5.74, 6) is 1.77. The predicted molar refractivity (Wildman–Crippen MR) is 192 cm³/mol. The van der Waals surface area contributed by atoms with Gasteiger partial charge in [-0.25, -0.2) is 0 Å². The number of rotatable bonds is 14. The SMILES string of the molecule is CCCCCN(CCN1CCCCC1)C[C@@H]1O[C@@H](C23C[C@@H]4[C@H](C)CC[C@H]4C4(C=O)CC2C=C(C(C)C)[C@]43C(=O)O)C[C@H]1C1CCCCC1. The summed E-state index contributed by atoms with van der Waals surface area (Å²) in [7, 11) is 0. The molecule has 0 aromatic rings. The quantitative estimate of drug-likeness (QED) is 0.115. The van der Waals surface area contributed by atoms with Crippen LogP contribution in [0.15, 0.2) is 11.6 Å². The molecule has 7 rings (SSSR count). The molecule has 2 saturated heterocycles. The zero-order chi connectivity index (χ0) is 33.7. The Morgan fingerprint density at radius 2 is 1.77 bits per heavy atom. The van der Waals surface area contributed by atoms with E-state index in [-0.39, 0.29) is 30.0 Å². The Kier molecular flexibility index (Phi) is 10.3. The maximum atomic E-state index is 14.3. The van der Waals surface area contributed by atoms with Gasteiger partial charge >= 0.3 is 5.97 Å². The number of carboxylic acid groups (broad SMARTS) is 1. The molecular weight excluding hydrogens is 596 g/mol. The van der Waals surface area contributed by atoms with E-state index in [4.69, 9.17) is 4.74 Å². The van der Waals surface area contributed by atoms with Gasteiger partial charge < -0.3 is 19.5 Å². The molecule has 0 aromatic carbocycles. The lowest BCUT2D eigenvalue weighted by Gasteiger charge is -2.60. The van der Waals surface area contributed by atoms with Crippen molar-refractivity contribution in [2.45, 2.75) is 143 Å². The smallest absolute Gasteiger partial charge is 0.315 e. The third-order valence-corrected chi connectivity index (χ3v) is 15.8. The van der Waals surface area contributed by atoms with Crippen LogP contribution in [0, 0.1) is 57.7 Å². The van der Waals surface area contributed by atoms with Crippen molar-refractivity contribution in [1.82, 2.24) is 9.80 Å². The van der Waals surface area contributed by atoms with E-state index in [1.807, 2.05) is 0 Å². The number of allylic oxidation sites excluding steroid dienone is 1. The summed E-state index contributed by atoms with van der Waals surface area (Å²) in [4.78, 5) is 33.4. The second kappa shape index (κ2) is 14.1. The van der Waals surface area contributed by atoms with Crippen molar-refractivity contribution >= 4 is 12.3 Å². The van der Waals surface area contributed by atoms with Crippen molar-refractivity contribution in [3.63, 3.8) is 0 Å². The topological polar surface area (TPSA) is 70.1 Å². The number of likely N-dealkylation sites (tertiary alicyclic amines) is 1. The fraction of sp³-hybridized carbons (Fsp3) is 0.905. The van der Waals surface area contributed by atoms with Gasteiger partial charge in [0.15, 0.2) is 0 Å². The molecule has 0 spiro atoms. The van der Waals surface area contributed by atoms with E-state index in [9.17, 15) is 14.7 Å². The number of carbonyl (C=O) groups is 2. The fourth-order valence-corrected chi connectivity index (χ4v) is 13.8. The second-order valence-corrected chi connectivity index (χ2v) is 18.2. The van der Waals surface area contributed by atoms with Crippen molar-refractivity contribution in [3.8, 4) is 0 Å². The molecule has 5 aliphatic carbocycles. The number of carboxylic acids is 1. The van der Waals surface area contributed by atoms with E-state index in [0.717, 1.165) is 57.4 Å². The largest absolute Gasteiger partial charge is 0.481 e. The van der Waals surface area contributed by atoms with Crippen LogP contribution in [0.4, 0.5) is 0 Å². The summed E-state index contributed by atoms with van der Waals surface area (Å²) in [5.41, 5.74) is -1.42. The number of hydrogen-bond donors (Lipinski definition) is 1. The molecule has 10 atom stereocenters. The predicted octanol–water partition coefficient (Wildman–Crippen LogP) is 8.24. The molecule has 0 aromatic heterocycles. The normalized spacial score (nSPS) is 42.9. The van der Waals surface area contributed by atoms with E-state index >= 15 is 0 Å². The lowest BCUT2D eigenvalue weighted by Crippen LogP contribution is -2.65. The van der Waals surface area contributed by atoms with Gasteiger partial charge in [0, 0.05) is 25.0 Å². The molecule has 6 fully saturated rings. The number of unbranched alkanes of at least 4 members (excludes halogenated alkanes) is 2. The second-order valence-electron chi connectivity index (χ2n) is 18.2. The Morgan fingerprint density at radius 3 is 2.46 bits per heavy atom. The Hall–Kier alpha value is -1.24. The molecule has 0 radical (unpaired) electrons. The van der Waals surface area contributed by atoms with E-state index < -0.39 is 22.2 Å². The standard InChI is InChI=1S/C42H68N2O4/c1-5-6-11-20-44(22-21-43-18-12-8-13-19-43)27-37-33(31-14-9-7-10-15-31)24-38(48-37)41-26-34-30(4)16-17-35(34)40(28-45)25-32(41)23-36(29(2)3)42(40,41)39(46)47/h23,28-35,37-38H,5-22,24-27H2,1-4H3,(H,46,47)/t30-,32?,33+,34-,35-,37+,38-,40?,41?,42+/m1/s1. The molecule has 2 heterocycles. The summed E-state index contributed by atoms with van der Waals surface area (Å²) in [6.45, 7) is 15.9. The van der Waals surface area contributed by atoms with Crippen molar-refractivity contribution in [2.24, 2.45) is 57.7 Å². The minimum absolute atomic E-state index is 0.0989. The van der Waals surface area contributed by atoms with Crippen LogP contribution >= 0.6 is 0 Å². The molecule has 7 aliphatic rings. The van der Waals surface area contributed by atoms with Gasteiger partial charge in [0.25, 0.3) is 0 Å². The first-order valence-electron chi connectivity index (χ1n) is 20.8. The maximum absolute atomic E-state index is 14.3. The van der Waals surface area contributed by atoms with Gasteiger partial charge in [0.1, 0.15) is 11.7 Å². The van der Waals surface area contributed by atoms with Crippen LogP contribution in [0.1, 0.15) is 130 Å². The first-order valence-corrected chi connectivity index (χ1v) is 20.8. The number of aliphatic carboxylic acids is 1. The summed E-state index contributed by atoms with van der Waals surface area (Å²) < 4.78 is 7.61. The summed E-state index contributed by atoms with van der Waals surface area (Å²) in [5, 5.41) is 11.7. The average molecular weight is 665 g/mol. The number of nitrogens with zero attached hydrogens (tertiary/aromatic N) is 2. The highest BCUT2D eigenvalue weighted by Gasteiger charge is 2.86. The van der Waals surface area contributed by atoms with E-state index in [1.54, 1.807) is 0 Å². The molecular formula is C42H68N2O4. The van der Waals surface area contributed by atoms with Crippen LogP contribution in [0.25, 0.3) is 0 Å². The summed E-state index contributed by atoms with van der Waals surface area (Å²) >= 11 is 0. The zero-order valence-electron chi connectivity index (χ0n) is 31.0. The molecule has 1 N–H and O–H groups in total. The summed E-state index contributed by atoms with van der Waals surface area (Å²) in [6.07, 6.45) is 22.7. The average Bonchev–Trinajstić information content (AvgIpc) is 3.81. The first kappa shape index (κ1) is 35.2. The van der Waals surface area contributed by atoms with Crippen LogP contribution < -0.4 is 0 Å².